The van der Waals surface area contributed by atoms with Gasteiger partial charge in [0.2, 0.25) is 0 Å². The van der Waals surface area contributed by atoms with Crippen LogP contribution in [0.15, 0.2) is 23.1 Å². The monoisotopic (exact) mass is 276 g/mol. The average molecular weight is 277 g/mol. The summed E-state index contributed by atoms with van der Waals surface area (Å²) in [5.41, 5.74) is 5.95. The summed E-state index contributed by atoms with van der Waals surface area (Å²) in [7, 11) is -3.69. The zero-order valence-electron chi connectivity index (χ0n) is 9.10. The van der Waals surface area contributed by atoms with Crippen LogP contribution in [0.25, 0.3) is 0 Å². The molecule has 0 aliphatic carbocycles. The van der Waals surface area contributed by atoms with Crippen LogP contribution in [0.2, 0.25) is 5.02 Å². The first kappa shape index (κ1) is 12.6. The summed E-state index contributed by atoms with van der Waals surface area (Å²) in [6.07, 6.45) is 1.65. The highest BCUT2D eigenvalue weighted by atomic mass is 35.5. The van der Waals surface area contributed by atoms with Crippen LogP contribution in [0.4, 0.5) is 5.69 Å². The molecular weight excluding hydrogens is 264 g/mol. The van der Waals surface area contributed by atoms with Gasteiger partial charge in [0.05, 0.1) is 11.6 Å². The molecule has 0 spiro atoms. The molecule has 7 heteroatoms. The third kappa shape index (κ3) is 2.55. The molecule has 1 aliphatic heterocycles. The molecule has 1 saturated heterocycles. The molecular formula is C10H13ClN2O3S. The van der Waals surface area contributed by atoms with Gasteiger partial charge in [-0.25, -0.2) is 8.42 Å². The molecule has 1 fully saturated rings. The van der Waals surface area contributed by atoms with E-state index < -0.39 is 10.0 Å². The summed E-state index contributed by atoms with van der Waals surface area (Å²) < 4.78 is 25.4. The van der Waals surface area contributed by atoms with Crippen molar-refractivity contribution in [1.82, 2.24) is 4.47 Å². The first-order valence-electron chi connectivity index (χ1n) is 5.22. The van der Waals surface area contributed by atoms with Gasteiger partial charge in [-0.05, 0) is 31.0 Å². The maximum atomic E-state index is 12.2. The van der Waals surface area contributed by atoms with Gasteiger partial charge in [0.15, 0.2) is 0 Å². The van der Waals surface area contributed by atoms with E-state index in [1.54, 1.807) is 0 Å². The van der Waals surface area contributed by atoms with Gasteiger partial charge in [-0.2, -0.15) is 0 Å². The third-order valence-electron chi connectivity index (χ3n) is 2.47. The number of sulfonamides is 1. The molecule has 0 atom stereocenters. The first-order chi connectivity index (χ1) is 8.01. The van der Waals surface area contributed by atoms with E-state index >= 15 is 0 Å². The minimum atomic E-state index is -3.69. The smallest absolute Gasteiger partial charge is 0.266 e. The van der Waals surface area contributed by atoms with Crippen molar-refractivity contribution in [3.63, 3.8) is 0 Å². The molecule has 17 heavy (non-hydrogen) atoms. The van der Waals surface area contributed by atoms with Crippen LogP contribution in [-0.2, 0) is 14.9 Å². The fourth-order valence-electron chi connectivity index (χ4n) is 1.60. The Hall–Kier alpha value is -0.820. The summed E-state index contributed by atoms with van der Waals surface area (Å²) in [6.45, 7) is 0.759. The molecule has 94 valence electrons. The predicted octanol–water partition coefficient (Wildman–Crippen LogP) is 1.64. The minimum Gasteiger partial charge on any atom is -0.399 e. The second-order valence-corrected chi connectivity index (χ2v) is 5.97. The molecule has 5 nitrogen and oxygen atoms in total. The van der Waals surface area contributed by atoms with E-state index in [1.807, 2.05) is 0 Å². The Labute approximate surface area is 105 Å². The van der Waals surface area contributed by atoms with Crippen molar-refractivity contribution >= 4 is 27.3 Å². The quantitative estimate of drug-likeness (QED) is 0.834. The van der Waals surface area contributed by atoms with Crippen molar-refractivity contribution in [2.24, 2.45) is 0 Å². The van der Waals surface area contributed by atoms with Gasteiger partial charge in [0, 0.05) is 12.2 Å². The van der Waals surface area contributed by atoms with Crippen molar-refractivity contribution in [2.45, 2.75) is 17.7 Å². The molecule has 0 unspecified atom stereocenters. The molecule has 0 aromatic heterocycles. The number of nitrogen functional groups attached to an aromatic ring is 1. The molecule has 1 aromatic carbocycles. The molecule has 0 bridgehead atoms. The van der Waals surface area contributed by atoms with Gasteiger partial charge in [0.1, 0.15) is 4.90 Å². The number of rotatable bonds is 2. The third-order valence-corrected chi connectivity index (χ3v) is 4.63. The Morgan fingerprint density at radius 2 is 2.12 bits per heavy atom. The van der Waals surface area contributed by atoms with E-state index in [4.69, 9.17) is 22.2 Å². The van der Waals surface area contributed by atoms with Crippen LogP contribution < -0.4 is 5.73 Å². The summed E-state index contributed by atoms with van der Waals surface area (Å²) in [5, 5.41) is 0.110. The number of nitrogens with zero attached hydrogens (tertiary/aromatic N) is 1. The number of nitrogens with two attached hydrogens (primary N) is 1. The highest BCUT2D eigenvalue weighted by Gasteiger charge is 2.29. The van der Waals surface area contributed by atoms with Crippen molar-refractivity contribution in [3.05, 3.63) is 23.2 Å². The topological polar surface area (TPSA) is 72.6 Å². The van der Waals surface area contributed by atoms with Gasteiger partial charge in [-0.1, -0.05) is 16.1 Å². The molecule has 1 aliphatic rings. The van der Waals surface area contributed by atoms with E-state index in [1.165, 1.54) is 18.2 Å². The van der Waals surface area contributed by atoms with Crippen molar-refractivity contribution in [2.75, 3.05) is 18.9 Å². The fourth-order valence-corrected chi connectivity index (χ4v) is 3.43. The van der Waals surface area contributed by atoms with E-state index in [0.29, 0.717) is 18.8 Å². The summed E-state index contributed by atoms with van der Waals surface area (Å²) in [4.78, 5) is 5.16. The van der Waals surface area contributed by atoms with Gasteiger partial charge >= 0.3 is 0 Å². The number of benzene rings is 1. The number of anilines is 1. The molecule has 0 radical (unpaired) electrons. The van der Waals surface area contributed by atoms with Gasteiger partial charge in [-0.3, -0.25) is 4.84 Å². The predicted molar refractivity (Wildman–Crippen MR) is 64.9 cm³/mol. The summed E-state index contributed by atoms with van der Waals surface area (Å²) in [6, 6.07) is 4.31. The number of hydrogen-bond donors (Lipinski definition) is 1. The highest BCUT2D eigenvalue weighted by molar-refractivity contribution is 7.89. The van der Waals surface area contributed by atoms with Crippen LogP contribution in [0.3, 0.4) is 0 Å². The minimum absolute atomic E-state index is 0.0234. The van der Waals surface area contributed by atoms with Gasteiger partial charge < -0.3 is 5.73 Å². The summed E-state index contributed by atoms with van der Waals surface area (Å²) >= 11 is 5.89. The van der Waals surface area contributed by atoms with Crippen molar-refractivity contribution < 1.29 is 13.3 Å². The zero-order valence-corrected chi connectivity index (χ0v) is 10.7. The van der Waals surface area contributed by atoms with Crippen LogP contribution in [-0.4, -0.2) is 26.0 Å². The lowest BCUT2D eigenvalue weighted by Crippen LogP contribution is -2.35. The second-order valence-electron chi connectivity index (χ2n) is 3.76. The van der Waals surface area contributed by atoms with E-state index in [0.717, 1.165) is 17.3 Å². The molecule has 1 heterocycles. The van der Waals surface area contributed by atoms with Crippen molar-refractivity contribution in [3.8, 4) is 0 Å². The fraction of sp³-hybridized carbons (Fsp3) is 0.400. The number of hydrogen-bond acceptors (Lipinski definition) is 4. The van der Waals surface area contributed by atoms with E-state index in [2.05, 4.69) is 0 Å². The van der Waals surface area contributed by atoms with E-state index in [9.17, 15) is 8.42 Å². The Morgan fingerprint density at radius 3 is 2.71 bits per heavy atom. The highest BCUT2D eigenvalue weighted by Crippen LogP contribution is 2.27. The Balaban J connectivity index is 2.37. The zero-order chi connectivity index (χ0) is 12.5. The van der Waals surface area contributed by atoms with E-state index in [-0.39, 0.29) is 9.92 Å². The molecule has 1 aromatic rings. The SMILES string of the molecule is Nc1ccc(S(=O)(=O)N2CCCCO2)c(Cl)c1. The maximum Gasteiger partial charge on any atom is 0.266 e. The normalized spacial score (nSPS) is 18.2. The Morgan fingerprint density at radius 1 is 1.35 bits per heavy atom. The number of halogens is 1. The largest absolute Gasteiger partial charge is 0.399 e. The molecule has 2 rings (SSSR count). The van der Waals surface area contributed by atoms with Gasteiger partial charge in [-0.15, -0.1) is 0 Å². The average Bonchev–Trinajstić information content (AvgIpc) is 2.29. The van der Waals surface area contributed by atoms with Crippen LogP contribution >= 0.6 is 11.6 Å². The van der Waals surface area contributed by atoms with Gasteiger partial charge in [0.25, 0.3) is 10.0 Å². The first-order valence-corrected chi connectivity index (χ1v) is 7.04. The van der Waals surface area contributed by atoms with Crippen LogP contribution in [0, 0.1) is 0 Å². The standard InChI is InChI=1S/C10H13ClN2O3S/c11-9-7-8(12)3-4-10(9)17(14,15)13-5-1-2-6-16-13/h3-4,7H,1-2,5-6,12H2. The number of hydroxylamine groups is 1. The van der Waals surface area contributed by atoms with Crippen LogP contribution in [0.5, 0.6) is 0 Å². The summed E-state index contributed by atoms with van der Waals surface area (Å²) in [5.74, 6) is 0. The molecule has 0 saturated carbocycles. The second kappa shape index (κ2) is 4.81. The Kier molecular flexibility index (Phi) is 3.58. The molecule has 2 N–H and O–H groups in total. The lowest BCUT2D eigenvalue weighted by atomic mass is 10.3. The molecule has 0 amide bonds. The van der Waals surface area contributed by atoms with Crippen LogP contribution in [0.1, 0.15) is 12.8 Å². The lowest BCUT2D eigenvalue weighted by molar-refractivity contribution is -0.108. The lowest BCUT2D eigenvalue weighted by Gasteiger charge is -2.25. The maximum absolute atomic E-state index is 12.2. The Bertz CT molecular complexity index is 512. The van der Waals surface area contributed by atoms with Crippen molar-refractivity contribution in [1.29, 1.82) is 0 Å².